The van der Waals surface area contributed by atoms with Gasteiger partial charge in [-0.1, -0.05) is 19.3 Å². The second-order valence-electron chi connectivity index (χ2n) is 4.01. The molecule has 4 heteroatoms. The van der Waals surface area contributed by atoms with Crippen molar-refractivity contribution in [1.82, 2.24) is 5.32 Å². The minimum atomic E-state index is 0.237. The molecule has 1 saturated carbocycles. The minimum Gasteiger partial charge on any atom is -0.468 e. The third kappa shape index (κ3) is 3.78. The van der Waals surface area contributed by atoms with Crippen molar-refractivity contribution in [2.75, 3.05) is 7.11 Å². The highest BCUT2D eigenvalue weighted by atomic mass is 16.5. The van der Waals surface area contributed by atoms with E-state index in [-0.39, 0.29) is 6.04 Å². The summed E-state index contributed by atoms with van der Waals surface area (Å²) in [6.07, 6.45) is 8.27. The van der Waals surface area contributed by atoms with Gasteiger partial charge in [0.1, 0.15) is 0 Å². The first-order chi connectivity index (χ1) is 7.27. The Kier molecular flexibility index (Phi) is 4.96. The first kappa shape index (κ1) is 11.8. The maximum absolute atomic E-state index is 8.47. The lowest BCUT2D eigenvalue weighted by molar-refractivity contribution is 0.308. The summed E-state index contributed by atoms with van der Waals surface area (Å²) in [5.41, 5.74) is 0. The number of nitriles is 1. The average molecular weight is 209 g/mol. The normalized spacial score (nSPS) is 20.5. The first-order valence-corrected chi connectivity index (χ1v) is 5.54. The number of amidine groups is 1. The van der Waals surface area contributed by atoms with E-state index < -0.39 is 0 Å². The fourth-order valence-electron chi connectivity index (χ4n) is 2.09. The molecule has 0 bridgehead atoms. The number of methoxy groups -OCH3 is 1. The predicted molar refractivity (Wildman–Crippen MR) is 59.2 cm³/mol. The molecule has 4 nitrogen and oxygen atoms in total. The highest BCUT2D eigenvalue weighted by molar-refractivity contribution is 5.75. The molecule has 0 unspecified atom stereocenters. The van der Waals surface area contributed by atoms with Gasteiger partial charge in [-0.05, 0) is 25.7 Å². The van der Waals surface area contributed by atoms with Crippen LogP contribution in [0.3, 0.4) is 0 Å². The van der Waals surface area contributed by atoms with E-state index in [1.54, 1.807) is 0 Å². The second-order valence-corrected chi connectivity index (χ2v) is 4.01. The topological polar surface area (TPSA) is 57.4 Å². The van der Waals surface area contributed by atoms with E-state index in [0.717, 1.165) is 0 Å². The molecule has 1 aliphatic carbocycles. The van der Waals surface area contributed by atoms with Gasteiger partial charge in [0.15, 0.2) is 6.19 Å². The maximum atomic E-state index is 8.47. The second kappa shape index (κ2) is 6.28. The highest BCUT2D eigenvalue weighted by Gasteiger charge is 2.20. The molecule has 0 amide bonds. The van der Waals surface area contributed by atoms with Gasteiger partial charge in [-0.3, -0.25) is 0 Å². The Morgan fingerprint density at radius 1 is 1.47 bits per heavy atom. The number of nitrogens with zero attached hydrogens (tertiary/aromatic N) is 2. The van der Waals surface area contributed by atoms with Crippen LogP contribution in [0.5, 0.6) is 0 Å². The van der Waals surface area contributed by atoms with Crippen molar-refractivity contribution in [3.8, 4) is 6.19 Å². The molecular weight excluding hydrogens is 190 g/mol. The lowest BCUT2D eigenvalue weighted by Gasteiger charge is -2.25. The van der Waals surface area contributed by atoms with Crippen LogP contribution in [0.15, 0.2) is 4.99 Å². The van der Waals surface area contributed by atoms with E-state index in [1.807, 2.05) is 6.19 Å². The van der Waals surface area contributed by atoms with Crippen LogP contribution >= 0.6 is 0 Å². The van der Waals surface area contributed by atoms with Gasteiger partial charge < -0.3 is 4.74 Å². The van der Waals surface area contributed by atoms with Gasteiger partial charge in [-0.2, -0.15) is 5.26 Å². The summed E-state index contributed by atoms with van der Waals surface area (Å²) >= 11 is 0. The zero-order valence-electron chi connectivity index (χ0n) is 9.49. The molecule has 0 spiro atoms. The molecule has 1 aliphatic rings. The standard InChI is InChI=1S/C11H19N3O/c1-9(10-6-4-3-5-7-10)14-11(15-2)13-8-12/h9-10H,3-7H2,1-2H3,(H,13,14)/t9-/m1/s1. The first-order valence-electron chi connectivity index (χ1n) is 5.54. The number of rotatable bonds is 2. The lowest BCUT2D eigenvalue weighted by Crippen LogP contribution is -2.25. The van der Waals surface area contributed by atoms with Crippen molar-refractivity contribution in [1.29, 1.82) is 5.26 Å². The molecule has 0 aliphatic heterocycles. The SMILES string of the molecule is COC(=N[C@H](C)C1CCCCC1)NC#N. The summed E-state index contributed by atoms with van der Waals surface area (Å²) in [6.45, 7) is 2.09. The molecular formula is C11H19N3O. The van der Waals surface area contributed by atoms with E-state index in [4.69, 9.17) is 10.00 Å². The molecule has 1 atom stereocenters. The number of hydrogen-bond acceptors (Lipinski definition) is 3. The smallest absolute Gasteiger partial charge is 0.298 e. The van der Waals surface area contributed by atoms with E-state index in [9.17, 15) is 0 Å². The Balaban J connectivity index is 2.50. The number of hydrogen-bond donors (Lipinski definition) is 1. The lowest BCUT2D eigenvalue weighted by atomic mass is 9.85. The highest BCUT2D eigenvalue weighted by Crippen LogP contribution is 2.27. The molecule has 0 radical (unpaired) electrons. The van der Waals surface area contributed by atoms with Crippen LogP contribution in [0, 0.1) is 17.4 Å². The predicted octanol–water partition coefficient (Wildman–Crippen LogP) is 2.03. The van der Waals surface area contributed by atoms with Crippen molar-refractivity contribution in [2.24, 2.45) is 10.9 Å². The Morgan fingerprint density at radius 2 is 2.13 bits per heavy atom. The Labute approximate surface area is 91.3 Å². The van der Waals surface area contributed by atoms with E-state index in [2.05, 4.69) is 17.2 Å². The van der Waals surface area contributed by atoms with Gasteiger partial charge in [0.05, 0.1) is 13.2 Å². The molecule has 15 heavy (non-hydrogen) atoms. The zero-order chi connectivity index (χ0) is 11.1. The van der Waals surface area contributed by atoms with E-state index in [1.165, 1.54) is 39.2 Å². The van der Waals surface area contributed by atoms with Crippen LogP contribution in [0.25, 0.3) is 0 Å². The van der Waals surface area contributed by atoms with Gasteiger partial charge in [0.25, 0.3) is 6.02 Å². The van der Waals surface area contributed by atoms with Gasteiger partial charge in [0, 0.05) is 0 Å². The number of ether oxygens (including phenoxy) is 1. The fourth-order valence-corrected chi connectivity index (χ4v) is 2.09. The molecule has 0 aromatic carbocycles. The Hall–Kier alpha value is -1.24. The van der Waals surface area contributed by atoms with Crippen LogP contribution in [0.1, 0.15) is 39.0 Å². The third-order valence-electron chi connectivity index (χ3n) is 3.01. The van der Waals surface area contributed by atoms with Crippen molar-refractivity contribution in [2.45, 2.75) is 45.1 Å². The van der Waals surface area contributed by atoms with Crippen LogP contribution in [-0.4, -0.2) is 19.2 Å². The summed E-state index contributed by atoms with van der Waals surface area (Å²) in [6, 6.07) is 0.566. The van der Waals surface area contributed by atoms with Crippen LogP contribution in [0.2, 0.25) is 0 Å². The largest absolute Gasteiger partial charge is 0.468 e. The molecule has 0 heterocycles. The minimum absolute atomic E-state index is 0.237. The Morgan fingerprint density at radius 3 is 2.67 bits per heavy atom. The van der Waals surface area contributed by atoms with Crippen LogP contribution < -0.4 is 5.32 Å². The molecule has 84 valence electrons. The van der Waals surface area contributed by atoms with Crippen molar-refractivity contribution in [3.63, 3.8) is 0 Å². The quantitative estimate of drug-likeness (QED) is 0.327. The van der Waals surface area contributed by atoms with Crippen molar-refractivity contribution in [3.05, 3.63) is 0 Å². The van der Waals surface area contributed by atoms with E-state index >= 15 is 0 Å². The molecule has 1 N–H and O–H groups in total. The van der Waals surface area contributed by atoms with Gasteiger partial charge >= 0.3 is 0 Å². The monoisotopic (exact) mass is 209 g/mol. The zero-order valence-corrected chi connectivity index (χ0v) is 9.49. The fraction of sp³-hybridized carbons (Fsp3) is 0.818. The molecule has 1 rings (SSSR count). The van der Waals surface area contributed by atoms with Crippen LogP contribution in [0.4, 0.5) is 0 Å². The van der Waals surface area contributed by atoms with Crippen molar-refractivity contribution >= 4 is 6.02 Å². The van der Waals surface area contributed by atoms with Crippen LogP contribution in [-0.2, 0) is 4.74 Å². The van der Waals surface area contributed by atoms with Crippen molar-refractivity contribution < 1.29 is 4.74 Å². The average Bonchev–Trinajstić information content (AvgIpc) is 2.29. The maximum Gasteiger partial charge on any atom is 0.298 e. The Bertz CT molecular complexity index is 251. The molecule has 0 aromatic rings. The summed E-state index contributed by atoms with van der Waals surface area (Å²) in [7, 11) is 1.52. The van der Waals surface area contributed by atoms with Gasteiger partial charge in [-0.25, -0.2) is 10.3 Å². The van der Waals surface area contributed by atoms with Gasteiger partial charge in [-0.15, -0.1) is 0 Å². The summed E-state index contributed by atoms with van der Waals surface area (Å²) < 4.78 is 4.97. The number of nitrogens with one attached hydrogen (secondary N) is 1. The third-order valence-corrected chi connectivity index (χ3v) is 3.01. The summed E-state index contributed by atoms with van der Waals surface area (Å²) in [4.78, 5) is 4.37. The van der Waals surface area contributed by atoms with Gasteiger partial charge in [0.2, 0.25) is 0 Å². The van der Waals surface area contributed by atoms with E-state index in [0.29, 0.717) is 11.9 Å². The number of aliphatic imine (C=N–C) groups is 1. The summed E-state index contributed by atoms with van der Waals surface area (Å²) in [5.74, 6) is 0.643. The molecule has 0 saturated heterocycles. The molecule has 0 aromatic heterocycles. The summed E-state index contributed by atoms with van der Waals surface area (Å²) in [5, 5.41) is 10.9. The molecule has 1 fully saturated rings.